The summed E-state index contributed by atoms with van der Waals surface area (Å²) < 4.78 is 65.1. The number of benzene rings is 1. The Kier molecular flexibility index (Phi) is 7.94. The van der Waals surface area contributed by atoms with E-state index in [0.29, 0.717) is 44.7 Å². The third-order valence-electron chi connectivity index (χ3n) is 4.90. The monoisotopic (exact) mass is 453 g/mol. The number of rotatable bonds is 3. The summed E-state index contributed by atoms with van der Waals surface area (Å²) in [6.07, 6.45) is -2.57. The van der Waals surface area contributed by atoms with Crippen molar-refractivity contribution in [2.24, 2.45) is 0 Å². The summed E-state index contributed by atoms with van der Waals surface area (Å²) in [4.78, 5) is 16.5. The SMILES string of the molecule is CS(=O)(=O)O.O=C(O)N1CCN(Cc2ccc(C(F)(F)F)cc2N2CCCC2)CC1. The molecule has 2 fully saturated rings. The van der Waals surface area contributed by atoms with Crippen LogP contribution in [-0.4, -0.2) is 79.5 Å². The predicted octanol–water partition coefficient (Wildman–Crippen LogP) is 2.61. The molecule has 1 amide bonds. The van der Waals surface area contributed by atoms with Crippen molar-refractivity contribution < 1.29 is 36.0 Å². The summed E-state index contributed by atoms with van der Waals surface area (Å²) in [6, 6.07) is 3.97. The Balaban J connectivity index is 0.000000575. The molecule has 0 unspecified atom stereocenters. The van der Waals surface area contributed by atoms with E-state index in [1.165, 1.54) is 11.0 Å². The molecular weight excluding hydrogens is 427 g/mol. The maximum atomic E-state index is 13.1. The average Bonchev–Trinajstić information content (AvgIpc) is 3.14. The molecule has 2 aliphatic heterocycles. The summed E-state index contributed by atoms with van der Waals surface area (Å²) in [5.74, 6) is 0. The predicted molar refractivity (Wildman–Crippen MR) is 105 cm³/mol. The Labute approximate surface area is 173 Å². The zero-order valence-electron chi connectivity index (χ0n) is 16.6. The van der Waals surface area contributed by atoms with Gasteiger partial charge in [0, 0.05) is 51.5 Å². The largest absolute Gasteiger partial charge is 0.465 e. The van der Waals surface area contributed by atoms with Crippen molar-refractivity contribution in [3.8, 4) is 0 Å². The minimum absolute atomic E-state index is 0.426. The Morgan fingerprint density at radius 2 is 1.60 bits per heavy atom. The van der Waals surface area contributed by atoms with E-state index in [0.717, 1.165) is 37.6 Å². The van der Waals surface area contributed by atoms with Gasteiger partial charge in [0.2, 0.25) is 0 Å². The van der Waals surface area contributed by atoms with Gasteiger partial charge in [0.1, 0.15) is 0 Å². The highest BCUT2D eigenvalue weighted by Crippen LogP contribution is 2.35. The van der Waals surface area contributed by atoms with Crippen LogP contribution in [0.1, 0.15) is 24.0 Å². The summed E-state index contributed by atoms with van der Waals surface area (Å²) in [5.41, 5.74) is 0.917. The summed E-state index contributed by atoms with van der Waals surface area (Å²) in [6.45, 7) is 4.13. The topological polar surface area (TPSA) is 101 Å². The van der Waals surface area contributed by atoms with E-state index in [1.807, 2.05) is 4.90 Å². The molecule has 3 rings (SSSR count). The lowest BCUT2D eigenvalue weighted by atomic mass is 10.1. The fraction of sp³-hybridized carbons (Fsp3) is 0.611. The van der Waals surface area contributed by atoms with Crippen LogP contribution in [0.15, 0.2) is 18.2 Å². The first-order valence-corrected chi connectivity index (χ1v) is 11.3. The van der Waals surface area contributed by atoms with Crippen molar-refractivity contribution in [3.63, 3.8) is 0 Å². The highest BCUT2D eigenvalue weighted by atomic mass is 32.2. The van der Waals surface area contributed by atoms with Gasteiger partial charge in [-0.1, -0.05) is 6.07 Å². The molecule has 30 heavy (non-hydrogen) atoms. The van der Waals surface area contributed by atoms with Crippen molar-refractivity contribution in [2.75, 3.05) is 50.4 Å². The molecule has 170 valence electrons. The second-order valence-corrected chi connectivity index (χ2v) is 8.78. The first-order chi connectivity index (χ1) is 13.8. The minimum Gasteiger partial charge on any atom is -0.465 e. The van der Waals surface area contributed by atoms with Gasteiger partial charge in [-0.05, 0) is 30.5 Å². The Hall–Kier alpha value is -2.05. The van der Waals surface area contributed by atoms with Crippen LogP contribution in [0.3, 0.4) is 0 Å². The van der Waals surface area contributed by atoms with E-state index in [2.05, 4.69) is 4.90 Å². The second-order valence-electron chi connectivity index (χ2n) is 7.31. The zero-order valence-corrected chi connectivity index (χ0v) is 17.4. The summed E-state index contributed by atoms with van der Waals surface area (Å²) in [5, 5.41) is 9.00. The molecule has 2 N–H and O–H groups in total. The first kappa shape index (κ1) is 24.2. The van der Waals surface area contributed by atoms with Crippen LogP contribution in [0, 0.1) is 0 Å². The van der Waals surface area contributed by atoms with Gasteiger partial charge in [-0.3, -0.25) is 9.45 Å². The molecule has 0 atom stereocenters. The molecule has 0 bridgehead atoms. The number of anilines is 1. The number of alkyl halides is 3. The van der Waals surface area contributed by atoms with Gasteiger partial charge < -0.3 is 14.9 Å². The number of hydrogen-bond donors (Lipinski definition) is 2. The van der Waals surface area contributed by atoms with Gasteiger partial charge in [0.25, 0.3) is 10.1 Å². The normalized spacial score (nSPS) is 18.2. The lowest BCUT2D eigenvalue weighted by Crippen LogP contribution is -2.47. The van der Waals surface area contributed by atoms with E-state index >= 15 is 0 Å². The smallest absolute Gasteiger partial charge is 0.416 e. The number of hydrogen-bond acceptors (Lipinski definition) is 5. The fourth-order valence-electron chi connectivity index (χ4n) is 3.46. The summed E-state index contributed by atoms with van der Waals surface area (Å²) >= 11 is 0. The lowest BCUT2D eigenvalue weighted by molar-refractivity contribution is -0.137. The number of carbonyl (C=O) groups is 1. The van der Waals surface area contributed by atoms with Crippen LogP contribution >= 0.6 is 0 Å². The number of halogens is 3. The van der Waals surface area contributed by atoms with Gasteiger partial charge in [0.15, 0.2) is 0 Å². The maximum absolute atomic E-state index is 13.1. The van der Waals surface area contributed by atoms with Crippen molar-refractivity contribution in [3.05, 3.63) is 29.3 Å². The summed E-state index contributed by atoms with van der Waals surface area (Å²) in [7, 11) is -3.67. The van der Waals surface area contributed by atoms with Crippen LogP contribution < -0.4 is 4.90 Å². The Morgan fingerprint density at radius 3 is 2.07 bits per heavy atom. The highest BCUT2D eigenvalue weighted by Gasteiger charge is 2.32. The quantitative estimate of drug-likeness (QED) is 0.679. The molecule has 2 saturated heterocycles. The highest BCUT2D eigenvalue weighted by molar-refractivity contribution is 7.85. The Morgan fingerprint density at radius 1 is 1.07 bits per heavy atom. The molecule has 0 radical (unpaired) electrons. The molecule has 0 aliphatic carbocycles. The Bertz CT molecular complexity index is 826. The third kappa shape index (κ3) is 7.65. The molecule has 2 aliphatic rings. The van der Waals surface area contributed by atoms with E-state index in [-0.39, 0.29) is 0 Å². The van der Waals surface area contributed by atoms with Crippen LogP contribution in [0.4, 0.5) is 23.7 Å². The van der Waals surface area contributed by atoms with Crippen molar-refractivity contribution in [2.45, 2.75) is 25.6 Å². The van der Waals surface area contributed by atoms with Gasteiger partial charge in [-0.15, -0.1) is 0 Å². The van der Waals surface area contributed by atoms with Gasteiger partial charge in [-0.25, -0.2) is 4.79 Å². The molecule has 2 heterocycles. The third-order valence-corrected chi connectivity index (χ3v) is 4.90. The lowest BCUT2D eigenvalue weighted by Gasteiger charge is -2.34. The van der Waals surface area contributed by atoms with E-state index in [9.17, 15) is 26.4 Å². The van der Waals surface area contributed by atoms with Crippen LogP contribution in [0.25, 0.3) is 0 Å². The standard InChI is InChI=1S/C17H22F3N3O2.CH4O3S/c18-17(19,20)14-4-3-13(15(11-14)22-5-1-2-6-22)12-21-7-9-23(10-8-21)16(24)25;1-5(2,3)4/h3-4,11H,1-2,5-10,12H2,(H,24,25);1H3,(H,2,3,4). The molecule has 0 spiro atoms. The van der Waals surface area contributed by atoms with Gasteiger partial charge >= 0.3 is 12.3 Å². The molecular formula is C18H26F3N3O5S. The fourth-order valence-corrected chi connectivity index (χ4v) is 3.46. The van der Waals surface area contributed by atoms with Crippen molar-refractivity contribution >= 4 is 21.9 Å². The van der Waals surface area contributed by atoms with Crippen molar-refractivity contribution in [1.29, 1.82) is 0 Å². The van der Waals surface area contributed by atoms with E-state index in [4.69, 9.17) is 9.66 Å². The molecule has 12 heteroatoms. The zero-order chi connectivity index (χ0) is 22.5. The van der Waals surface area contributed by atoms with Crippen molar-refractivity contribution in [1.82, 2.24) is 9.80 Å². The van der Waals surface area contributed by atoms with Crippen LogP contribution in [0.2, 0.25) is 0 Å². The number of nitrogens with zero attached hydrogens (tertiary/aromatic N) is 3. The van der Waals surface area contributed by atoms with Gasteiger partial charge in [0.05, 0.1) is 11.8 Å². The van der Waals surface area contributed by atoms with Crippen LogP contribution in [0.5, 0.6) is 0 Å². The first-order valence-electron chi connectivity index (χ1n) is 9.42. The van der Waals surface area contributed by atoms with Crippen LogP contribution in [-0.2, 0) is 22.8 Å². The number of amides is 1. The van der Waals surface area contributed by atoms with E-state index in [1.54, 1.807) is 6.07 Å². The van der Waals surface area contributed by atoms with E-state index < -0.39 is 28.0 Å². The number of piperazine rings is 1. The average molecular weight is 453 g/mol. The molecule has 8 nitrogen and oxygen atoms in total. The molecule has 1 aromatic carbocycles. The maximum Gasteiger partial charge on any atom is 0.416 e. The van der Waals surface area contributed by atoms with Gasteiger partial charge in [-0.2, -0.15) is 21.6 Å². The minimum atomic E-state index is -4.35. The molecule has 0 saturated carbocycles. The number of carboxylic acid groups (broad SMARTS) is 1. The molecule has 1 aromatic rings. The molecule has 0 aromatic heterocycles. The second kappa shape index (κ2) is 9.84.